The molecule has 0 aliphatic carbocycles. The van der Waals surface area contributed by atoms with Gasteiger partial charge in [-0.1, -0.05) is 6.92 Å². The van der Waals surface area contributed by atoms with E-state index in [1.54, 1.807) is 0 Å². The number of hydrogen-bond donors (Lipinski definition) is 1. The van der Waals surface area contributed by atoms with Crippen LogP contribution in [0.2, 0.25) is 0 Å². The van der Waals surface area contributed by atoms with E-state index in [4.69, 9.17) is 71.4 Å². The number of amides is 7. The van der Waals surface area contributed by atoms with Crippen molar-refractivity contribution in [1.82, 2.24) is 20.5 Å². The molecule has 3 aliphatic rings. The van der Waals surface area contributed by atoms with Crippen molar-refractivity contribution in [1.29, 1.82) is 0 Å². The van der Waals surface area contributed by atoms with Crippen LogP contribution < -0.4 is 5.32 Å². The summed E-state index contributed by atoms with van der Waals surface area (Å²) in [6.45, 7) is 7.11. The second-order valence-electron chi connectivity index (χ2n) is 19.7. The lowest BCUT2D eigenvalue weighted by molar-refractivity contribution is -0.198. The molecule has 0 bridgehead atoms. The number of rotatable bonds is 56. The van der Waals surface area contributed by atoms with Crippen molar-refractivity contribution in [2.75, 3.05) is 165 Å². The molecule has 3 rings (SSSR count). The number of ketones is 2. The summed E-state index contributed by atoms with van der Waals surface area (Å²) in [4.78, 5) is 157. The van der Waals surface area contributed by atoms with Crippen LogP contribution in [0.5, 0.6) is 0 Å². The van der Waals surface area contributed by atoms with Crippen molar-refractivity contribution < 1.29 is 129 Å². The standard InChI is InChI=1S/C55H86N4O27/c1-55(40-81-21-12-43(60)4-2-19-72-28-34-78-36-30-74-24-15-52(69)84-57-46(63)6-7-47(57)64,41-82-22-13-44(61)5-3-20-73-29-35-79-37-31-75-25-16-53(70)85-58-48(65)8-9-49(58)66)42-83-23-14-45(62)56-18-27-77-33-39-80-38-32-76-26-17-54(71)86-59-50(67)10-11-51(59)68/h2-42H2,1H3,(H,56,62). The summed E-state index contributed by atoms with van der Waals surface area (Å²) in [6.07, 6.45) is 1.68. The molecule has 7 amide bonds. The van der Waals surface area contributed by atoms with Crippen LogP contribution in [-0.4, -0.2) is 251 Å². The van der Waals surface area contributed by atoms with Gasteiger partial charge in [-0.2, -0.15) is 0 Å². The van der Waals surface area contributed by atoms with Gasteiger partial charge >= 0.3 is 17.9 Å². The molecule has 0 radical (unpaired) electrons. The number of carbonyl (C=O) groups excluding carboxylic acids is 12. The van der Waals surface area contributed by atoms with Gasteiger partial charge in [0.25, 0.3) is 35.4 Å². The van der Waals surface area contributed by atoms with E-state index in [-0.39, 0.29) is 233 Å². The van der Waals surface area contributed by atoms with Crippen LogP contribution in [0, 0.1) is 5.41 Å². The van der Waals surface area contributed by atoms with Gasteiger partial charge in [-0.25, -0.2) is 14.4 Å². The number of nitrogens with zero attached hydrogens (tertiary/aromatic N) is 3. The lowest BCUT2D eigenvalue weighted by Gasteiger charge is -2.29. The third-order valence-corrected chi connectivity index (χ3v) is 12.1. The lowest BCUT2D eigenvalue weighted by Crippen LogP contribution is -2.35. The smallest absolute Gasteiger partial charge is 0.335 e. The minimum atomic E-state index is -0.754. The zero-order valence-corrected chi connectivity index (χ0v) is 49.4. The Morgan fingerprint density at radius 1 is 0.326 bits per heavy atom. The van der Waals surface area contributed by atoms with Gasteiger partial charge in [0.2, 0.25) is 5.91 Å². The molecule has 3 saturated heterocycles. The van der Waals surface area contributed by atoms with E-state index in [0.717, 1.165) is 0 Å². The highest BCUT2D eigenvalue weighted by Crippen LogP contribution is 2.20. The summed E-state index contributed by atoms with van der Waals surface area (Å²) in [5.74, 6) is -5.83. The van der Waals surface area contributed by atoms with Gasteiger partial charge in [-0.15, -0.1) is 15.2 Å². The molecule has 3 heterocycles. The molecule has 0 atom stereocenters. The maximum absolute atomic E-state index is 12.6. The Morgan fingerprint density at radius 3 is 0.895 bits per heavy atom. The molecule has 488 valence electrons. The fourth-order valence-corrected chi connectivity index (χ4v) is 7.47. The van der Waals surface area contributed by atoms with Gasteiger partial charge in [0.05, 0.1) is 165 Å². The molecule has 86 heavy (non-hydrogen) atoms. The first-order valence-corrected chi connectivity index (χ1v) is 29.0. The quantitative estimate of drug-likeness (QED) is 0.0626. The molecule has 31 nitrogen and oxygen atoms in total. The van der Waals surface area contributed by atoms with Crippen LogP contribution in [0.4, 0.5) is 0 Å². The number of hydroxylamine groups is 6. The minimum Gasteiger partial charge on any atom is -0.380 e. The average molecular weight is 1240 g/mol. The van der Waals surface area contributed by atoms with Gasteiger partial charge < -0.3 is 76.7 Å². The average Bonchev–Trinajstić information content (AvgIpc) is 4.30. The highest BCUT2D eigenvalue weighted by molar-refractivity contribution is 6.03. The van der Waals surface area contributed by atoms with Crippen molar-refractivity contribution in [2.24, 2.45) is 5.41 Å². The summed E-state index contributed by atoms with van der Waals surface area (Å²) >= 11 is 0. The first-order chi connectivity index (χ1) is 41.6. The van der Waals surface area contributed by atoms with Crippen molar-refractivity contribution in [3.05, 3.63) is 0 Å². The maximum atomic E-state index is 12.6. The first kappa shape index (κ1) is 74.4. The van der Waals surface area contributed by atoms with E-state index in [0.29, 0.717) is 67.7 Å². The molecule has 0 saturated carbocycles. The van der Waals surface area contributed by atoms with Crippen LogP contribution in [0.15, 0.2) is 0 Å². The second-order valence-corrected chi connectivity index (χ2v) is 19.7. The monoisotopic (exact) mass is 1230 g/mol. The number of nitrogens with one attached hydrogen (secondary N) is 1. The Hall–Kier alpha value is -5.84. The topological polar surface area (TPSA) is 365 Å². The van der Waals surface area contributed by atoms with Crippen molar-refractivity contribution in [2.45, 2.75) is 110 Å². The highest BCUT2D eigenvalue weighted by atomic mass is 16.7. The maximum Gasteiger partial charge on any atom is 0.335 e. The minimum absolute atomic E-state index is 0.00605. The Bertz CT molecular complexity index is 1840. The Labute approximate surface area is 499 Å². The molecule has 0 unspecified atom stereocenters. The summed E-state index contributed by atoms with van der Waals surface area (Å²) in [5.41, 5.74) is -0.694. The third-order valence-electron chi connectivity index (χ3n) is 12.1. The van der Waals surface area contributed by atoms with Gasteiger partial charge in [-0.05, 0) is 12.8 Å². The molecule has 1 N–H and O–H groups in total. The first-order valence-electron chi connectivity index (χ1n) is 29.0. The predicted molar refractivity (Wildman–Crippen MR) is 289 cm³/mol. The Balaban J connectivity index is 1.21. The van der Waals surface area contributed by atoms with Crippen LogP contribution in [0.1, 0.15) is 110 Å². The molecule has 0 spiro atoms. The van der Waals surface area contributed by atoms with Crippen molar-refractivity contribution in [3.8, 4) is 0 Å². The number of imide groups is 3. The SMILES string of the molecule is CC(COCCC(=O)CCCOCCOCCOCCC(=O)ON1C(=O)CCC1=O)(COCCC(=O)CCCOCCOCCOCCC(=O)ON1C(=O)CCC1=O)COCCC(=O)NCCOCCOCCOCCC(=O)ON1C(=O)CCC1=O. The van der Waals surface area contributed by atoms with Gasteiger partial charge in [0, 0.05) is 95.8 Å². The predicted octanol–water partition coefficient (Wildman–Crippen LogP) is 0.169. The Morgan fingerprint density at radius 2 is 0.581 bits per heavy atom. The van der Waals surface area contributed by atoms with Crippen LogP contribution >= 0.6 is 0 Å². The zero-order chi connectivity index (χ0) is 62.5. The molecule has 0 aromatic carbocycles. The van der Waals surface area contributed by atoms with Crippen molar-refractivity contribution >= 4 is 70.8 Å². The van der Waals surface area contributed by atoms with E-state index in [2.05, 4.69) is 5.32 Å². The summed E-state index contributed by atoms with van der Waals surface area (Å²) in [5, 5.41) is 4.22. The molecule has 0 aromatic rings. The van der Waals surface area contributed by atoms with Gasteiger partial charge in [-0.3, -0.25) is 43.2 Å². The van der Waals surface area contributed by atoms with Crippen LogP contribution in [0.25, 0.3) is 0 Å². The van der Waals surface area contributed by atoms with Crippen molar-refractivity contribution in [3.63, 3.8) is 0 Å². The van der Waals surface area contributed by atoms with E-state index in [9.17, 15) is 57.5 Å². The molecular formula is C55H86N4O27. The second kappa shape index (κ2) is 46.3. The van der Waals surface area contributed by atoms with E-state index in [1.807, 2.05) is 6.92 Å². The molecule has 0 aromatic heterocycles. The number of hydrogen-bond acceptors (Lipinski definition) is 27. The number of ether oxygens (including phenoxy) is 12. The van der Waals surface area contributed by atoms with Crippen LogP contribution in [-0.2, 0) is 129 Å². The molecular weight excluding hydrogens is 1150 g/mol. The van der Waals surface area contributed by atoms with E-state index < -0.39 is 58.8 Å². The molecule has 3 fully saturated rings. The normalized spacial score (nSPS) is 14.5. The molecule has 31 heteroatoms. The summed E-state index contributed by atoms with van der Waals surface area (Å²) in [7, 11) is 0. The number of Topliss-reactive ketones (excluding diaryl/α,β-unsaturated/α-hetero) is 2. The van der Waals surface area contributed by atoms with Crippen LogP contribution in [0.3, 0.4) is 0 Å². The molecule has 3 aliphatic heterocycles. The van der Waals surface area contributed by atoms with E-state index >= 15 is 0 Å². The fourth-order valence-electron chi connectivity index (χ4n) is 7.47. The van der Waals surface area contributed by atoms with Gasteiger partial charge in [0.1, 0.15) is 11.6 Å². The Kier molecular flexibility index (Phi) is 40.1. The zero-order valence-electron chi connectivity index (χ0n) is 49.4. The summed E-state index contributed by atoms with van der Waals surface area (Å²) < 4.78 is 66.6. The lowest BCUT2D eigenvalue weighted by atomic mass is 9.94. The summed E-state index contributed by atoms with van der Waals surface area (Å²) in [6, 6.07) is 0. The third kappa shape index (κ3) is 35.7. The fraction of sp³-hybridized carbons (Fsp3) is 0.782. The highest BCUT2D eigenvalue weighted by Gasteiger charge is 2.35. The largest absolute Gasteiger partial charge is 0.380 e. The number of carbonyl (C=O) groups is 12. The van der Waals surface area contributed by atoms with E-state index in [1.165, 1.54) is 0 Å². The van der Waals surface area contributed by atoms with Gasteiger partial charge in [0.15, 0.2) is 0 Å².